The van der Waals surface area contributed by atoms with Crippen LogP contribution in [0.3, 0.4) is 0 Å². The van der Waals surface area contributed by atoms with Crippen molar-refractivity contribution in [3.05, 3.63) is 30.4 Å². The van der Waals surface area contributed by atoms with E-state index in [-0.39, 0.29) is 6.04 Å². The maximum Gasteiger partial charge on any atom is 0.425 e. The molecule has 0 saturated carbocycles. The summed E-state index contributed by atoms with van der Waals surface area (Å²) in [6.45, 7) is 0. The molecule has 1 aliphatic carbocycles. The van der Waals surface area contributed by atoms with Crippen LogP contribution in [0.15, 0.2) is 24.5 Å². The number of amides is 1. The zero-order valence-electron chi connectivity index (χ0n) is 11.4. The van der Waals surface area contributed by atoms with Gasteiger partial charge in [-0.25, -0.2) is 4.98 Å². The van der Waals surface area contributed by atoms with Gasteiger partial charge < -0.3 is 15.0 Å². The summed E-state index contributed by atoms with van der Waals surface area (Å²) >= 11 is 0. The molecule has 2 rings (SSSR count). The number of imidazole rings is 1. The number of nitrogens with one attached hydrogen (secondary N) is 1. The van der Waals surface area contributed by atoms with Crippen molar-refractivity contribution < 1.29 is 23.1 Å². The molecular formula is C13H16F3N3O2. The third kappa shape index (κ3) is 3.10. The smallest absolute Gasteiger partial charge is 0.374 e. The van der Waals surface area contributed by atoms with Crippen molar-refractivity contribution in [1.82, 2.24) is 14.9 Å². The standard InChI is InChI=1S/C13H16F3N3O2/c1-19-7-6-17-11(19)12(21,13(14,15)16)8-10(20)18-9-4-2-3-5-9/h2-3,6-7,9,21H,4-5,8H2,1H3,(H,18,20). The van der Waals surface area contributed by atoms with Gasteiger partial charge in [0.05, 0.1) is 6.42 Å². The summed E-state index contributed by atoms with van der Waals surface area (Å²) < 4.78 is 40.7. The molecule has 0 bridgehead atoms. The quantitative estimate of drug-likeness (QED) is 0.826. The first-order valence-electron chi connectivity index (χ1n) is 6.45. The largest absolute Gasteiger partial charge is 0.425 e. The fraction of sp³-hybridized carbons (Fsp3) is 0.538. The molecule has 1 aromatic heterocycles. The van der Waals surface area contributed by atoms with E-state index in [2.05, 4.69) is 10.3 Å². The summed E-state index contributed by atoms with van der Waals surface area (Å²) in [4.78, 5) is 15.4. The zero-order chi connectivity index (χ0) is 15.7. The van der Waals surface area contributed by atoms with E-state index in [0.717, 1.165) is 10.8 Å². The van der Waals surface area contributed by atoms with Gasteiger partial charge in [0.15, 0.2) is 5.82 Å². The second kappa shape index (κ2) is 5.51. The van der Waals surface area contributed by atoms with Crippen molar-refractivity contribution in [3.63, 3.8) is 0 Å². The highest BCUT2D eigenvalue weighted by Crippen LogP contribution is 2.40. The van der Waals surface area contributed by atoms with Crippen LogP contribution in [0, 0.1) is 0 Å². The second-order valence-corrected chi connectivity index (χ2v) is 5.10. The molecule has 0 radical (unpaired) electrons. The molecule has 1 amide bonds. The number of halogens is 3. The van der Waals surface area contributed by atoms with Gasteiger partial charge in [0.2, 0.25) is 11.5 Å². The topological polar surface area (TPSA) is 67.1 Å². The van der Waals surface area contributed by atoms with Crippen molar-refractivity contribution in [2.75, 3.05) is 0 Å². The molecule has 5 nitrogen and oxygen atoms in total. The fourth-order valence-electron chi connectivity index (χ4n) is 2.32. The van der Waals surface area contributed by atoms with E-state index >= 15 is 0 Å². The van der Waals surface area contributed by atoms with E-state index in [1.807, 2.05) is 12.2 Å². The molecule has 1 aromatic rings. The van der Waals surface area contributed by atoms with E-state index < -0.39 is 29.9 Å². The van der Waals surface area contributed by atoms with Crippen LogP contribution in [0.2, 0.25) is 0 Å². The van der Waals surface area contributed by atoms with E-state index in [9.17, 15) is 23.1 Å². The Hall–Kier alpha value is -1.83. The Balaban J connectivity index is 2.17. The van der Waals surface area contributed by atoms with E-state index in [1.54, 1.807) is 0 Å². The van der Waals surface area contributed by atoms with Gasteiger partial charge in [-0.2, -0.15) is 13.2 Å². The molecule has 0 aliphatic heterocycles. The van der Waals surface area contributed by atoms with E-state index in [4.69, 9.17) is 0 Å². The van der Waals surface area contributed by atoms with Crippen LogP contribution in [0.5, 0.6) is 0 Å². The molecule has 21 heavy (non-hydrogen) atoms. The maximum atomic E-state index is 13.2. The molecule has 0 spiro atoms. The summed E-state index contributed by atoms with van der Waals surface area (Å²) in [6, 6.07) is -0.212. The van der Waals surface area contributed by atoms with Crippen molar-refractivity contribution in [3.8, 4) is 0 Å². The minimum absolute atomic E-state index is 0.212. The second-order valence-electron chi connectivity index (χ2n) is 5.10. The van der Waals surface area contributed by atoms with Crippen LogP contribution in [0.25, 0.3) is 0 Å². The normalized spacial score (nSPS) is 18.7. The lowest BCUT2D eigenvalue weighted by Gasteiger charge is -2.29. The summed E-state index contributed by atoms with van der Waals surface area (Å²) in [6.07, 6.45) is 1.17. The average molecular weight is 303 g/mol. The highest BCUT2D eigenvalue weighted by atomic mass is 19.4. The number of aromatic nitrogens is 2. The molecule has 0 aromatic carbocycles. The average Bonchev–Trinajstić information content (AvgIpc) is 2.98. The van der Waals surface area contributed by atoms with E-state index in [1.165, 1.54) is 13.2 Å². The monoisotopic (exact) mass is 303 g/mol. The Morgan fingerprint density at radius 3 is 2.57 bits per heavy atom. The molecule has 8 heteroatoms. The van der Waals surface area contributed by atoms with Crippen molar-refractivity contribution in [2.24, 2.45) is 7.05 Å². The van der Waals surface area contributed by atoms with Crippen molar-refractivity contribution >= 4 is 5.91 Å². The number of rotatable bonds is 4. The van der Waals surface area contributed by atoms with Gasteiger partial charge in [0, 0.05) is 25.5 Å². The van der Waals surface area contributed by atoms with Crippen LogP contribution >= 0.6 is 0 Å². The first-order chi connectivity index (χ1) is 9.74. The molecule has 1 aliphatic rings. The van der Waals surface area contributed by atoms with Crippen molar-refractivity contribution in [1.29, 1.82) is 0 Å². The molecule has 0 saturated heterocycles. The lowest BCUT2D eigenvalue weighted by atomic mass is 9.97. The summed E-state index contributed by atoms with van der Waals surface area (Å²) in [5, 5.41) is 12.5. The van der Waals surface area contributed by atoms with Gasteiger partial charge in [-0.15, -0.1) is 0 Å². The van der Waals surface area contributed by atoms with E-state index in [0.29, 0.717) is 12.8 Å². The minimum Gasteiger partial charge on any atom is -0.374 e. The molecule has 1 unspecified atom stereocenters. The summed E-state index contributed by atoms with van der Waals surface area (Å²) in [7, 11) is 1.33. The molecule has 116 valence electrons. The number of carbonyl (C=O) groups excluding carboxylic acids is 1. The fourth-order valence-corrected chi connectivity index (χ4v) is 2.32. The number of hydrogen-bond acceptors (Lipinski definition) is 3. The Morgan fingerprint density at radius 1 is 1.48 bits per heavy atom. The zero-order valence-corrected chi connectivity index (χ0v) is 11.4. The lowest BCUT2D eigenvalue weighted by molar-refractivity contribution is -0.271. The number of alkyl halides is 3. The highest BCUT2D eigenvalue weighted by molar-refractivity contribution is 5.77. The summed E-state index contributed by atoms with van der Waals surface area (Å²) in [5.74, 6) is -1.46. The van der Waals surface area contributed by atoms with Crippen LogP contribution in [0.1, 0.15) is 25.1 Å². The SMILES string of the molecule is Cn1ccnc1C(O)(CC(=O)NC1CC=CC1)C(F)(F)F. The predicted octanol–water partition coefficient (Wildman–Crippen LogP) is 1.39. The Morgan fingerprint density at radius 2 is 2.10 bits per heavy atom. The third-order valence-corrected chi connectivity index (χ3v) is 3.45. The number of aliphatic hydroxyl groups is 1. The molecule has 1 heterocycles. The number of nitrogens with zero attached hydrogens (tertiary/aromatic N) is 2. The van der Waals surface area contributed by atoms with Crippen LogP contribution < -0.4 is 5.32 Å². The molecular weight excluding hydrogens is 287 g/mol. The van der Waals surface area contributed by atoms with Crippen LogP contribution in [-0.4, -0.2) is 32.8 Å². The Kier molecular flexibility index (Phi) is 4.08. The molecule has 0 fully saturated rings. The first kappa shape index (κ1) is 15.6. The van der Waals surface area contributed by atoms with Gasteiger partial charge in [-0.1, -0.05) is 12.2 Å². The molecule has 2 N–H and O–H groups in total. The lowest BCUT2D eigenvalue weighted by Crippen LogP contribution is -2.48. The number of hydrogen-bond donors (Lipinski definition) is 2. The van der Waals surface area contributed by atoms with Crippen molar-refractivity contribution in [2.45, 2.75) is 37.1 Å². The highest BCUT2D eigenvalue weighted by Gasteiger charge is 2.58. The van der Waals surface area contributed by atoms with Gasteiger partial charge in [-0.05, 0) is 12.8 Å². The van der Waals surface area contributed by atoms with Crippen LogP contribution in [0.4, 0.5) is 13.2 Å². The maximum absolute atomic E-state index is 13.2. The number of carbonyl (C=O) groups is 1. The minimum atomic E-state index is -5.00. The summed E-state index contributed by atoms with van der Waals surface area (Å²) in [5.41, 5.74) is -3.30. The van der Waals surface area contributed by atoms with Gasteiger partial charge in [0.1, 0.15) is 0 Å². The van der Waals surface area contributed by atoms with Gasteiger partial charge in [-0.3, -0.25) is 4.79 Å². The van der Waals surface area contributed by atoms with Gasteiger partial charge >= 0.3 is 6.18 Å². The molecule has 1 atom stereocenters. The van der Waals surface area contributed by atoms with Gasteiger partial charge in [0.25, 0.3) is 0 Å². The Bertz CT molecular complexity index is 545. The Labute approximate surface area is 119 Å². The predicted molar refractivity (Wildman–Crippen MR) is 68.1 cm³/mol. The first-order valence-corrected chi connectivity index (χ1v) is 6.45. The number of aryl methyl sites for hydroxylation is 1. The third-order valence-electron chi connectivity index (χ3n) is 3.45. The van der Waals surface area contributed by atoms with Crippen LogP contribution in [-0.2, 0) is 17.4 Å².